The molecule has 0 amide bonds. The van der Waals surface area contributed by atoms with Crippen LogP contribution in [0.15, 0.2) is 18.2 Å². The van der Waals surface area contributed by atoms with Gasteiger partial charge in [0, 0.05) is 6.92 Å². The molecule has 74 valence electrons. The third-order valence-electron chi connectivity index (χ3n) is 1.52. The number of ether oxygens (including phenoxy) is 1. The fraction of sp³-hybridized carbons (Fsp3) is 0.111. The average Bonchev–Trinajstić information content (AvgIpc) is 2.07. The van der Waals surface area contributed by atoms with Crippen LogP contribution in [-0.2, 0) is 4.79 Å². The zero-order valence-corrected chi connectivity index (χ0v) is 7.48. The molecule has 0 atom stereocenters. The van der Waals surface area contributed by atoms with Crippen LogP contribution in [0.1, 0.15) is 17.3 Å². The molecule has 1 rings (SSSR count). The van der Waals surface area contributed by atoms with Crippen molar-refractivity contribution in [1.82, 2.24) is 0 Å². The molecule has 0 aliphatic heterocycles. The fourth-order valence-corrected chi connectivity index (χ4v) is 0.981. The summed E-state index contributed by atoms with van der Waals surface area (Å²) >= 11 is 0. The lowest BCUT2D eigenvalue weighted by Gasteiger charge is -2.07. The monoisotopic (exact) mass is 195 g/mol. The SMILES string of the molecule is CC(=O)Oc1c(N)cccc1C(=O)O. The number of esters is 1. The van der Waals surface area contributed by atoms with E-state index < -0.39 is 11.9 Å². The summed E-state index contributed by atoms with van der Waals surface area (Å²) < 4.78 is 4.69. The van der Waals surface area contributed by atoms with Crippen molar-refractivity contribution in [3.8, 4) is 5.75 Å². The quantitative estimate of drug-likeness (QED) is 0.415. The van der Waals surface area contributed by atoms with Gasteiger partial charge in [0.25, 0.3) is 0 Å². The Morgan fingerprint density at radius 2 is 2.07 bits per heavy atom. The summed E-state index contributed by atoms with van der Waals surface area (Å²) in [4.78, 5) is 21.4. The summed E-state index contributed by atoms with van der Waals surface area (Å²) in [6.07, 6.45) is 0. The van der Waals surface area contributed by atoms with Gasteiger partial charge >= 0.3 is 11.9 Å². The Bertz CT molecular complexity index is 386. The van der Waals surface area contributed by atoms with Crippen LogP contribution in [0.5, 0.6) is 5.75 Å². The number of carboxylic acids is 1. The predicted octanol–water partition coefficient (Wildman–Crippen LogP) is 0.892. The van der Waals surface area contributed by atoms with Gasteiger partial charge in [-0.1, -0.05) is 6.07 Å². The maximum atomic E-state index is 10.7. The van der Waals surface area contributed by atoms with Gasteiger partial charge in [-0.2, -0.15) is 0 Å². The van der Waals surface area contributed by atoms with Crippen LogP contribution in [-0.4, -0.2) is 17.0 Å². The number of anilines is 1. The van der Waals surface area contributed by atoms with Crippen LogP contribution < -0.4 is 10.5 Å². The van der Waals surface area contributed by atoms with E-state index in [0.717, 1.165) is 0 Å². The summed E-state index contributed by atoms with van der Waals surface area (Å²) in [5.41, 5.74) is 5.47. The first-order valence-corrected chi connectivity index (χ1v) is 3.82. The van der Waals surface area contributed by atoms with Crippen molar-refractivity contribution in [2.75, 3.05) is 5.73 Å². The van der Waals surface area contributed by atoms with Crippen molar-refractivity contribution >= 4 is 17.6 Å². The second-order valence-corrected chi connectivity index (χ2v) is 2.62. The standard InChI is InChI=1S/C9H9NO4/c1-5(11)14-8-6(9(12)13)3-2-4-7(8)10/h2-4H,10H2,1H3,(H,12,13). The Morgan fingerprint density at radius 3 is 2.57 bits per heavy atom. The van der Waals surface area contributed by atoms with E-state index in [0.29, 0.717) is 0 Å². The summed E-state index contributed by atoms with van der Waals surface area (Å²) in [5.74, 6) is -1.90. The van der Waals surface area contributed by atoms with Crippen LogP contribution in [0.3, 0.4) is 0 Å². The van der Waals surface area contributed by atoms with Crippen molar-refractivity contribution in [2.45, 2.75) is 6.92 Å². The highest BCUT2D eigenvalue weighted by molar-refractivity contribution is 5.94. The number of carbonyl (C=O) groups excluding carboxylic acids is 1. The molecule has 5 nitrogen and oxygen atoms in total. The van der Waals surface area contributed by atoms with E-state index in [1.54, 1.807) is 0 Å². The molecule has 0 aliphatic rings. The molecule has 0 saturated heterocycles. The van der Waals surface area contributed by atoms with Gasteiger partial charge < -0.3 is 15.6 Å². The summed E-state index contributed by atoms with van der Waals surface area (Å²) in [7, 11) is 0. The molecule has 5 heteroatoms. The molecule has 3 N–H and O–H groups in total. The second kappa shape index (κ2) is 3.78. The van der Waals surface area contributed by atoms with E-state index in [-0.39, 0.29) is 17.0 Å². The number of rotatable bonds is 2. The first-order chi connectivity index (χ1) is 6.52. The van der Waals surface area contributed by atoms with Crippen LogP contribution in [0.4, 0.5) is 5.69 Å². The van der Waals surface area contributed by atoms with Crippen molar-refractivity contribution < 1.29 is 19.4 Å². The zero-order chi connectivity index (χ0) is 10.7. The number of carbonyl (C=O) groups is 2. The van der Waals surface area contributed by atoms with E-state index in [2.05, 4.69) is 0 Å². The summed E-state index contributed by atoms with van der Waals surface area (Å²) in [6.45, 7) is 1.18. The number of hydrogen-bond acceptors (Lipinski definition) is 4. The first kappa shape index (κ1) is 10.0. The topological polar surface area (TPSA) is 89.6 Å². The van der Waals surface area contributed by atoms with Gasteiger partial charge in [-0.25, -0.2) is 4.79 Å². The molecule has 0 unspecified atom stereocenters. The molecule has 0 radical (unpaired) electrons. The van der Waals surface area contributed by atoms with Gasteiger partial charge in [0.1, 0.15) is 5.56 Å². The first-order valence-electron chi connectivity index (χ1n) is 3.82. The smallest absolute Gasteiger partial charge is 0.339 e. The Hall–Kier alpha value is -2.04. The van der Waals surface area contributed by atoms with Crippen LogP contribution in [0.2, 0.25) is 0 Å². The fourth-order valence-electron chi connectivity index (χ4n) is 0.981. The van der Waals surface area contributed by atoms with Gasteiger partial charge in [-0.15, -0.1) is 0 Å². The summed E-state index contributed by atoms with van der Waals surface area (Å²) in [6, 6.07) is 4.26. The maximum absolute atomic E-state index is 10.7. The normalized spacial score (nSPS) is 9.50. The molecule has 0 aromatic heterocycles. The molecule has 0 bridgehead atoms. The minimum absolute atomic E-state index is 0.104. The molecule has 0 spiro atoms. The number of nitrogen functional groups attached to an aromatic ring is 1. The van der Waals surface area contributed by atoms with Gasteiger partial charge in [0.2, 0.25) is 0 Å². The van der Waals surface area contributed by atoms with Gasteiger partial charge in [0.15, 0.2) is 5.75 Å². The Morgan fingerprint density at radius 1 is 1.43 bits per heavy atom. The minimum Gasteiger partial charge on any atom is -0.478 e. The Labute approximate surface area is 80.1 Å². The summed E-state index contributed by atoms with van der Waals surface area (Å²) in [5, 5.41) is 8.76. The molecular formula is C9H9NO4. The number of para-hydroxylation sites is 1. The van der Waals surface area contributed by atoms with Crippen molar-refractivity contribution in [2.24, 2.45) is 0 Å². The van der Waals surface area contributed by atoms with E-state index in [1.165, 1.54) is 25.1 Å². The lowest BCUT2D eigenvalue weighted by Crippen LogP contribution is -2.09. The van der Waals surface area contributed by atoms with Crippen LogP contribution in [0.25, 0.3) is 0 Å². The number of hydrogen-bond donors (Lipinski definition) is 2. The molecular weight excluding hydrogens is 186 g/mol. The molecule has 0 heterocycles. The van der Waals surface area contributed by atoms with E-state index >= 15 is 0 Å². The minimum atomic E-state index is -1.19. The maximum Gasteiger partial charge on any atom is 0.339 e. The van der Waals surface area contributed by atoms with Gasteiger partial charge in [0.05, 0.1) is 5.69 Å². The molecule has 0 aliphatic carbocycles. The highest BCUT2D eigenvalue weighted by atomic mass is 16.5. The molecule has 14 heavy (non-hydrogen) atoms. The van der Waals surface area contributed by atoms with Crippen molar-refractivity contribution in [3.63, 3.8) is 0 Å². The number of carboxylic acid groups (broad SMARTS) is 1. The van der Waals surface area contributed by atoms with Crippen molar-refractivity contribution in [3.05, 3.63) is 23.8 Å². The average molecular weight is 195 g/mol. The number of nitrogens with two attached hydrogens (primary N) is 1. The van der Waals surface area contributed by atoms with Crippen LogP contribution in [0, 0.1) is 0 Å². The third-order valence-corrected chi connectivity index (χ3v) is 1.52. The molecule has 1 aromatic carbocycles. The largest absolute Gasteiger partial charge is 0.478 e. The third kappa shape index (κ3) is 2.01. The molecule has 0 saturated carbocycles. The predicted molar refractivity (Wildman–Crippen MR) is 49.1 cm³/mol. The number of aromatic carboxylic acids is 1. The highest BCUT2D eigenvalue weighted by Gasteiger charge is 2.15. The van der Waals surface area contributed by atoms with E-state index in [4.69, 9.17) is 15.6 Å². The highest BCUT2D eigenvalue weighted by Crippen LogP contribution is 2.26. The Kier molecular flexibility index (Phi) is 2.71. The zero-order valence-electron chi connectivity index (χ0n) is 7.48. The van der Waals surface area contributed by atoms with Gasteiger partial charge in [-0.05, 0) is 12.1 Å². The Balaban J connectivity index is 3.22. The van der Waals surface area contributed by atoms with E-state index in [1.807, 2.05) is 0 Å². The van der Waals surface area contributed by atoms with Crippen LogP contribution >= 0.6 is 0 Å². The van der Waals surface area contributed by atoms with Crippen molar-refractivity contribution in [1.29, 1.82) is 0 Å². The van der Waals surface area contributed by atoms with Gasteiger partial charge in [-0.3, -0.25) is 4.79 Å². The second-order valence-electron chi connectivity index (χ2n) is 2.62. The lowest BCUT2D eigenvalue weighted by molar-refractivity contribution is -0.131. The van der Waals surface area contributed by atoms with E-state index in [9.17, 15) is 9.59 Å². The molecule has 0 fully saturated rings. The number of benzene rings is 1. The molecule has 1 aromatic rings. The lowest BCUT2D eigenvalue weighted by atomic mass is 10.2.